The summed E-state index contributed by atoms with van der Waals surface area (Å²) in [5.41, 5.74) is 2.35. The lowest BCUT2D eigenvalue weighted by Crippen LogP contribution is -2.14. The molecular formula is C17H21BrN2O. The highest BCUT2D eigenvalue weighted by Gasteiger charge is 2.07. The molecule has 0 unspecified atom stereocenters. The van der Waals surface area contributed by atoms with Gasteiger partial charge in [0.25, 0.3) is 0 Å². The van der Waals surface area contributed by atoms with E-state index in [0.29, 0.717) is 5.88 Å². The molecule has 0 amide bonds. The van der Waals surface area contributed by atoms with Crippen LogP contribution in [0.5, 0.6) is 11.6 Å². The van der Waals surface area contributed by atoms with Gasteiger partial charge in [0, 0.05) is 22.8 Å². The van der Waals surface area contributed by atoms with Gasteiger partial charge in [-0.05, 0) is 59.1 Å². The Bertz CT molecular complexity index is 570. The average molecular weight is 349 g/mol. The Hall–Kier alpha value is -1.39. The normalized spacial score (nSPS) is 10.6. The molecule has 1 heterocycles. The first-order valence-electron chi connectivity index (χ1n) is 7.34. The second-order valence-electron chi connectivity index (χ2n) is 4.89. The molecule has 0 aliphatic carbocycles. The highest BCUT2D eigenvalue weighted by Crippen LogP contribution is 2.25. The van der Waals surface area contributed by atoms with Gasteiger partial charge in [-0.2, -0.15) is 0 Å². The summed E-state index contributed by atoms with van der Waals surface area (Å²) < 4.78 is 6.89. The van der Waals surface area contributed by atoms with Gasteiger partial charge in [0.15, 0.2) is 0 Å². The van der Waals surface area contributed by atoms with Crippen LogP contribution in [0.25, 0.3) is 0 Å². The minimum absolute atomic E-state index is 0.658. The largest absolute Gasteiger partial charge is 0.439 e. The second kappa shape index (κ2) is 8.15. The number of aromatic nitrogens is 1. The SMILES string of the molecule is CCCNCc1cc(Br)cnc1Oc1ccc(CC)cc1. The lowest BCUT2D eigenvalue weighted by Gasteiger charge is -2.11. The van der Waals surface area contributed by atoms with E-state index in [9.17, 15) is 0 Å². The van der Waals surface area contributed by atoms with Crippen LogP contribution in [0.2, 0.25) is 0 Å². The predicted molar refractivity (Wildman–Crippen MR) is 89.8 cm³/mol. The third-order valence-corrected chi connectivity index (χ3v) is 3.61. The van der Waals surface area contributed by atoms with E-state index >= 15 is 0 Å². The van der Waals surface area contributed by atoms with Crippen molar-refractivity contribution < 1.29 is 4.74 Å². The van der Waals surface area contributed by atoms with E-state index in [2.05, 4.69) is 52.2 Å². The molecule has 0 saturated heterocycles. The number of benzene rings is 1. The van der Waals surface area contributed by atoms with Crippen LogP contribution in [0.4, 0.5) is 0 Å². The number of nitrogens with zero attached hydrogens (tertiary/aromatic N) is 1. The van der Waals surface area contributed by atoms with Crippen molar-refractivity contribution in [1.29, 1.82) is 0 Å². The fourth-order valence-electron chi connectivity index (χ4n) is 1.99. The molecule has 1 N–H and O–H groups in total. The molecule has 3 nitrogen and oxygen atoms in total. The molecule has 0 aliphatic rings. The summed E-state index contributed by atoms with van der Waals surface area (Å²) in [4.78, 5) is 4.39. The lowest BCUT2D eigenvalue weighted by atomic mass is 10.2. The first-order chi connectivity index (χ1) is 10.2. The van der Waals surface area contributed by atoms with E-state index in [0.717, 1.165) is 41.7 Å². The quantitative estimate of drug-likeness (QED) is 0.736. The molecule has 0 saturated carbocycles. The third-order valence-electron chi connectivity index (χ3n) is 3.18. The topological polar surface area (TPSA) is 34.2 Å². The number of ether oxygens (including phenoxy) is 1. The molecular weight excluding hydrogens is 328 g/mol. The number of nitrogens with one attached hydrogen (secondary N) is 1. The molecule has 0 fully saturated rings. The summed E-state index contributed by atoms with van der Waals surface area (Å²) in [6, 6.07) is 10.2. The molecule has 1 aromatic carbocycles. The first kappa shape index (κ1) is 16.0. The van der Waals surface area contributed by atoms with Gasteiger partial charge >= 0.3 is 0 Å². The average Bonchev–Trinajstić information content (AvgIpc) is 2.51. The Morgan fingerprint density at radius 3 is 2.62 bits per heavy atom. The molecule has 2 aromatic rings. The van der Waals surface area contributed by atoms with E-state index in [1.54, 1.807) is 6.20 Å². The van der Waals surface area contributed by atoms with Crippen LogP contribution < -0.4 is 10.1 Å². The maximum atomic E-state index is 5.92. The Balaban J connectivity index is 2.13. The minimum Gasteiger partial charge on any atom is -0.439 e. The smallest absolute Gasteiger partial charge is 0.223 e. The summed E-state index contributed by atoms with van der Waals surface area (Å²) in [5, 5.41) is 3.38. The highest BCUT2D eigenvalue weighted by molar-refractivity contribution is 9.10. The molecule has 112 valence electrons. The van der Waals surface area contributed by atoms with Crippen LogP contribution in [0.1, 0.15) is 31.4 Å². The van der Waals surface area contributed by atoms with Gasteiger partial charge in [0.05, 0.1) is 0 Å². The molecule has 0 atom stereocenters. The summed E-state index contributed by atoms with van der Waals surface area (Å²) in [6.07, 6.45) is 3.90. The van der Waals surface area contributed by atoms with Crippen molar-refractivity contribution in [2.24, 2.45) is 0 Å². The number of halogens is 1. The van der Waals surface area contributed by atoms with Crippen LogP contribution in [0.15, 0.2) is 41.0 Å². The van der Waals surface area contributed by atoms with Crippen molar-refractivity contribution in [3.05, 3.63) is 52.1 Å². The summed E-state index contributed by atoms with van der Waals surface area (Å²) in [5.74, 6) is 1.48. The Morgan fingerprint density at radius 2 is 1.95 bits per heavy atom. The van der Waals surface area contributed by atoms with E-state index in [4.69, 9.17) is 4.74 Å². The molecule has 0 bridgehead atoms. The number of aryl methyl sites for hydroxylation is 1. The van der Waals surface area contributed by atoms with Gasteiger partial charge in [0.1, 0.15) is 5.75 Å². The second-order valence-corrected chi connectivity index (χ2v) is 5.81. The predicted octanol–water partition coefficient (Wildman–Crippen LogP) is 4.70. The van der Waals surface area contributed by atoms with Gasteiger partial charge in [-0.25, -0.2) is 4.98 Å². The Kier molecular flexibility index (Phi) is 6.21. The zero-order chi connectivity index (χ0) is 15.1. The van der Waals surface area contributed by atoms with Gasteiger partial charge in [-0.1, -0.05) is 26.0 Å². The van der Waals surface area contributed by atoms with E-state index in [-0.39, 0.29) is 0 Å². The summed E-state index contributed by atoms with van der Waals surface area (Å²) in [7, 11) is 0. The molecule has 1 aromatic heterocycles. The zero-order valence-electron chi connectivity index (χ0n) is 12.5. The number of hydrogen-bond donors (Lipinski definition) is 1. The van der Waals surface area contributed by atoms with Crippen molar-refractivity contribution in [3.8, 4) is 11.6 Å². The summed E-state index contributed by atoms with van der Waals surface area (Å²) >= 11 is 3.46. The van der Waals surface area contributed by atoms with Crippen molar-refractivity contribution in [2.75, 3.05) is 6.54 Å². The standard InChI is InChI=1S/C17H21BrN2O/c1-3-9-19-11-14-10-15(18)12-20-17(14)21-16-7-5-13(4-2)6-8-16/h5-8,10,12,19H,3-4,9,11H2,1-2H3. The van der Waals surface area contributed by atoms with E-state index in [1.165, 1.54) is 5.56 Å². The van der Waals surface area contributed by atoms with Crippen molar-refractivity contribution in [2.45, 2.75) is 33.2 Å². The molecule has 2 rings (SSSR count). The number of hydrogen-bond acceptors (Lipinski definition) is 3. The molecule has 0 spiro atoms. The summed E-state index contributed by atoms with van der Waals surface area (Å²) in [6.45, 7) is 6.03. The monoisotopic (exact) mass is 348 g/mol. The third kappa shape index (κ3) is 4.83. The van der Waals surface area contributed by atoms with Crippen molar-refractivity contribution in [1.82, 2.24) is 10.3 Å². The molecule has 0 aliphatic heterocycles. The molecule has 21 heavy (non-hydrogen) atoms. The van der Waals surface area contributed by atoms with Gasteiger partial charge < -0.3 is 10.1 Å². The van der Waals surface area contributed by atoms with Crippen molar-refractivity contribution >= 4 is 15.9 Å². The fourth-order valence-corrected chi connectivity index (χ4v) is 2.37. The lowest BCUT2D eigenvalue weighted by molar-refractivity contribution is 0.452. The fraction of sp³-hybridized carbons (Fsp3) is 0.353. The number of rotatable bonds is 7. The maximum Gasteiger partial charge on any atom is 0.223 e. The first-order valence-corrected chi connectivity index (χ1v) is 8.14. The van der Waals surface area contributed by atoms with Gasteiger partial charge in [-0.15, -0.1) is 0 Å². The molecule has 0 radical (unpaired) electrons. The van der Waals surface area contributed by atoms with Gasteiger partial charge in [-0.3, -0.25) is 0 Å². The minimum atomic E-state index is 0.658. The van der Waals surface area contributed by atoms with Crippen LogP contribution in [-0.4, -0.2) is 11.5 Å². The number of pyridine rings is 1. The highest BCUT2D eigenvalue weighted by atomic mass is 79.9. The van der Waals surface area contributed by atoms with Crippen LogP contribution in [0.3, 0.4) is 0 Å². The van der Waals surface area contributed by atoms with Gasteiger partial charge in [0.2, 0.25) is 5.88 Å². The Labute approximate surface area is 134 Å². The van der Waals surface area contributed by atoms with Crippen LogP contribution >= 0.6 is 15.9 Å². The van der Waals surface area contributed by atoms with Crippen LogP contribution in [0, 0.1) is 0 Å². The zero-order valence-corrected chi connectivity index (χ0v) is 14.1. The van der Waals surface area contributed by atoms with Crippen molar-refractivity contribution in [3.63, 3.8) is 0 Å². The molecule has 4 heteroatoms. The van der Waals surface area contributed by atoms with Crippen LogP contribution in [-0.2, 0) is 13.0 Å². The van der Waals surface area contributed by atoms with E-state index < -0.39 is 0 Å². The Morgan fingerprint density at radius 1 is 1.19 bits per heavy atom. The maximum absolute atomic E-state index is 5.92. The van der Waals surface area contributed by atoms with E-state index in [1.807, 2.05) is 18.2 Å².